The first kappa shape index (κ1) is 17.5. The SMILES string of the molecule is Cc1ccc(C(=O)N2CC(CN(C)C)C3(CCCCC3)C2)cc1C. The predicted molar refractivity (Wildman–Crippen MR) is 99.4 cm³/mol. The van der Waals surface area contributed by atoms with Gasteiger partial charge in [-0.2, -0.15) is 0 Å². The molecule has 1 heterocycles. The molecule has 1 saturated heterocycles. The van der Waals surface area contributed by atoms with Crippen molar-refractivity contribution in [2.24, 2.45) is 11.3 Å². The average molecular weight is 329 g/mol. The summed E-state index contributed by atoms with van der Waals surface area (Å²) >= 11 is 0. The summed E-state index contributed by atoms with van der Waals surface area (Å²) in [6.07, 6.45) is 6.61. The second kappa shape index (κ2) is 6.87. The van der Waals surface area contributed by atoms with E-state index < -0.39 is 0 Å². The van der Waals surface area contributed by atoms with Crippen molar-refractivity contribution < 1.29 is 4.79 Å². The maximum Gasteiger partial charge on any atom is 0.253 e. The fourth-order valence-electron chi connectivity index (χ4n) is 4.76. The lowest BCUT2D eigenvalue weighted by atomic mass is 9.67. The molecule has 3 nitrogen and oxygen atoms in total. The van der Waals surface area contributed by atoms with Crippen LogP contribution in [0, 0.1) is 25.2 Å². The molecule has 3 rings (SSSR count). The lowest BCUT2D eigenvalue weighted by Gasteiger charge is -2.39. The van der Waals surface area contributed by atoms with Crippen molar-refractivity contribution in [3.05, 3.63) is 34.9 Å². The molecule has 1 aliphatic heterocycles. The summed E-state index contributed by atoms with van der Waals surface area (Å²) in [7, 11) is 4.31. The summed E-state index contributed by atoms with van der Waals surface area (Å²) in [4.78, 5) is 17.5. The Balaban J connectivity index is 1.81. The molecule has 1 aliphatic carbocycles. The number of hydrogen-bond acceptors (Lipinski definition) is 2. The minimum Gasteiger partial charge on any atom is -0.338 e. The Morgan fingerprint density at radius 3 is 2.50 bits per heavy atom. The van der Waals surface area contributed by atoms with Gasteiger partial charge >= 0.3 is 0 Å². The van der Waals surface area contributed by atoms with E-state index >= 15 is 0 Å². The van der Waals surface area contributed by atoms with Crippen molar-refractivity contribution in [1.82, 2.24) is 9.80 Å². The Labute approximate surface area is 147 Å². The van der Waals surface area contributed by atoms with Gasteiger partial charge in [0.05, 0.1) is 0 Å². The van der Waals surface area contributed by atoms with Crippen LogP contribution in [0.4, 0.5) is 0 Å². The van der Waals surface area contributed by atoms with Gasteiger partial charge in [0.25, 0.3) is 5.91 Å². The van der Waals surface area contributed by atoms with Crippen molar-refractivity contribution in [1.29, 1.82) is 0 Å². The highest BCUT2D eigenvalue weighted by Crippen LogP contribution is 2.48. The minimum absolute atomic E-state index is 0.226. The second-order valence-electron chi connectivity index (χ2n) is 8.37. The van der Waals surface area contributed by atoms with Crippen molar-refractivity contribution in [3.63, 3.8) is 0 Å². The van der Waals surface area contributed by atoms with Crippen LogP contribution in [-0.2, 0) is 0 Å². The van der Waals surface area contributed by atoms with Gasteiger partial charge in [-0.25, -0.2) is 0 Å². The molecule has 0 radical (unpaired) electrons. The quantitative estimate of drug-likeness (QED) is 0.840. The van der Waals surface area contributed by atoms with Crippen LogP contribution in [0.15, 0.2) is 18.2 Å². The molecular weight excluding hydrogens is 296 g/mol. The van der Waals surface area contributed by atoms with Crippen molar-refractivity contribution in [2.75, 3.05) is 33.7 Å². The summed E-state index contributed by atoms with van der Waals surface area (Å²) in [5.41, 5.74) is 3.67. The average Bonchev–Trinajstić information content (AvgIpc) is 2.87. The third kappa shape index (κ3) is 3.37. The van der Waals surface area contributed by atoms with Crippen LogP contribution in [0.25, 0.3) is 0 Å². The van der Waals surface area contributed by atoms with Gasteiger partial charge in [0.1, 0.15) is 0 Å². The molecule has 0 aromatic heterocycles. The number of aryl methyl sites for hydroxylation is 2. The van der Waals surface area contributed by atoms with E-state index in [1.54, 1.807) is 0 Å². The molecule has 132 valence electrons. The number of amides is 1. The number of benzene rings is 1. The van der Waals surface area contributed by atoms with E-state index in [-0.39, 0.29) is 5.91 Å². The Morgan fingerprint density at radius 1 is 1.17 bits per heavy atom. The second-order valence-corrected chi connectivity index (χ2v) is 8.37. The Kier molecular flexibility index (Phi) is 5.00. The fourth-order valence-corrected chi connectivity index (χ4v) is 4.76. The first-order valence-corrected chi connectivity index (χ1v) is 9.42. The third-order valence-electron chi connectivity index (χ3n) is 6.29. The standard InChI is InChI=1S/C21H32N2O/c1-16-8-9-18(12-17(16)2)20(24)23-14-19(13-22(3)4)21(15-23)10-6-5-7-11-21/h8-9,12,19H,5-7,10-11,13-15H2,1-4H3. The molecule has 1 unspecified atom stereocenters. The van der Waals surface area contributed by atoms with Crippen LogP contribution < -0.4 is 0 Å². The first-order chi connectivity index (χ1) is 11.4. The topological polar surface area (TPSA) is 23.6 Å². The number of carbonyl (C=O) groups is 1. The van der Waals surface area contributed by atoms with Gasteiger partial charge in [0.2, 0.25) is 0 Å². The lowest BCUT2D eigenvalue weighted by Crippen LogP contribution is -2.38. The molecule has 1 aromatic carbocycles. The van der Waals surface area contributed by atoms with Crippen molar-refractivity contribution >= 4 is 5.91 Å². The van der Waals surface area contributed by atoms with Gasteiger partial charge in [-0.3, -0.25) is 4.79 Å². The van der Waals surface area contributed by atoms with E-state index in [1.165, 1.54) is 43.2 Å². The van der Waals surface area contributed by atoms with Gasteiger partial charge in [-0.15, -0.1) is 0 Å². The van der Waals surface area contributed by atoms with Gasteiger partial charge in [0.15, 0.2) is 0 Å². The number of rotatable bonds is 3. The highest BCUT2D eigenvalue weighted by Gasteiger charge is 2.48. The van der Waals surface area contributed by atoms with Crippen LogP contribution >= 0.6 is 0 Å². The normalized spacial score (nSPS) is 23.2. The molecule has 1 atom stereocenters. The van der Waals surface area contributed by atoms with Crippen LogP contribution in [0.5, 0.6) is 0 Å². The summed E-state index contributed by atoms with van der Waals surface area (Å²) in [5.74, 6) is 0.840. The molecular formula is C21H32N2O. The summed E-state index contributed by atoms with van der Waals surface area (Å²) in [5, 5.41) is 0. The number of hydrogen-bond donors (Lipinski definition) is 0. The maximum absolute atomic E-state index is 13.1. The van der Waals surface area contributed by atoms with Gasteiger partial charge in [-0.05, 0) is 75.4 Å². The van der Waals surface area contributed by atoms with Gasteiger partial charge in [-0.1, -0.05) is 25.3 Å². The minimum atomic E-state index is 0.226. The van der Waals surface area contributed by atoms with E-state index in [0.717, 1.165) is 25.2 Å². The van der Waals surface area contributed by atoms with Crippen LogP contribution in [0.1, 0.15) is 53.6 Å². The molecule has 2 aliphatic rings. The van der Waals surface area contributed by atoms with E-state index in [2.05, 4.69) is 49.9 Å². The highest BCUT2D eigenvalue weighted by molar-refractivity contribution is 5.94. The van der Waals surface area contributed by atoms with E-state index in [4.69, 9.17) is 0 Å². The van der Waals surface area contributed by atoms with Crippen LogP contribution in [-0.4, -0.2) is 49.4 Å². The number of carbonyl (C=O) groups excluding carboxylic acids is 1. The predicted octanol–water partition coefficient (Wildman–Crippen LogP) is 3.89. The molecule has 1 amide bonds. The summed E-state index contributed by atoms with van der Waals surface area (Å²) in [6.45, 7) is 7.16. The largest absolute Gasteiger partial charge is 0.338 e. The molecule has 0 bridgehead atoms. The van der Waals surface area contributed by atoms with Crippen molar-refractivity contribution in [2.45, 2.75) is 46.0 Å². The fraction of sp³-hybridized carbons (Fsp3) is 0.667. The zero-order chi connectivity index (χ0) is 17.3. The monoisotopic (exact) mass is 328 g/mol. The molecule has 1 saturated carbocycles. The van der Waals surface area contributed by atoms with Crippen LogP contribution in [0.3, 0.4) is 0 Å². The smallest absolute Gasteiger partial charge is 0.253 e. The van der Waals surface area contributed by atoms with E-state index in [0.29, 0.717) is 11.3 Å². The zero-order valence-corrected chi connectivity index (χ0v) is 15.8. The lowest BCUT2D eigenvalue weighted by molar-refractivity contribution is 0.0755. The van der Waals surface area contributed by atoms with Gasteiger partial charge < -0.3 is 9.80 Å². The number of likely N-dealkylation sites (tertiary alicyclic amines) is 1. The Morgan fingerprint density at radius 2 is 1.88 bits per heavy atom. The Hall–Kier alpha value is -1.35. The first-order valence-electron chi connectivity index (χ1n) is 9.42. The van der Waals surface area contributed by atoms with Gasteiger partial charge in [0, 0.05) is 25.2 Å². The maximum atomic E-state index is 13.1. The molecule has 24 heavy (non-hydrogen) atoms. The zero-order valence-electron chi connectivity index (χ0n) is 15.8. The van der Waals surface area contributed by atoms with E-state index in [9.17, 15) is 4.79 Å². The third-order valence-corrected chi connectivity index (χ3v) is 6.29. The molecule has 0 N–H and O–H groups in total. The summed E-state index contributed by atoms with van der Waals surface area (Å²) < 4.78 is 0. The number of nitrogens with zero attached hydrogens (tertiary/aromatic N) is 2. The van der Waals surface area contributed by atoms with E-state index in [1.807, 2.05) is 6.07 Å². The molecule has 2 fully saturated rings. The Bertz CT molecular complexity index is 602. The summed E-state index contributed by atoms with van der Waals surface area (Å²) in [6, 6.07) is 6.13. The molecule has 3 heteroatoms. The van der Waals surface area contributed by atoms with Crippen LogP contribution in [0.2, 0.25) is 0 Å². The molecule has 1 spiro atoms. The molecule has 1 aromatic rings. The highest BCUT2D eigenvalue weighted by atomic mass is 16.2. The van der Waals surface area contributed by atoms with Crippen molar-refractivity contribution in [3.8, 4) is 0 Å².